The van der Waals surface area contributed by atoms with Crippen molar-refractivity contribution in [3.8, 4) is 0 Å². The van der Waals surface area contributed by atoms with Crippen LogP contribution in [0.4, 0.5) is 4.79 Å². The van der Waals surface area contributed by atoms with Gasteiger partial charge in [-0.3, -0.25) is 4.79 Å². The highest BCUT2D eigenvalue weighted by molar-refractivity contribution is 5.82. The van der Waals surface area contributed by atoms with Gasteiger partial charge in [0.2, 0.25) is 0 Å². The molecule has 0 aliphatic carbocycles. The van der Waals surface area contributed by atoms with Crippen molar-refractivity contribution in [2.24, 2.45) is 0 Å². The Morgan fingerprint density at radius 3 is 2.50 bits per heavy atom. The van der Waals surface area contributed by atoms with Crippen molar-refractivity contribution in [1.82, 2.24) is 10.2 Å². The standard InChI is InChI=1S/C11H20N2O3/c1-8(14)9-7-13(6-5-12-9)10(15)16-11(2,3)4/h9,12H,5-7H2,1-4H3/t9-/m1/s1. The molecule has 1 aliphatic heterocycles. The molecular formula is C11H20N2O3. The van der Waals surface area contributed by atoms with Gasteiger partial charge < -0.3 is 15.0 Å². The molecule has 1 aliphatic rings. The molecule has 0 unspecified atom stereocenters. The van der Waals surface area contributed by atoms with Gasteiger partial charge in [0.15, 0.2) is 0 Å². The van der Waals surface area contributed by atoms with Gasteiger partial charge in [0.25, 0.3) is 0 Å². The molecule has 0 saturated carbocycles. The van der Waals surface area contributed by atoms with Crippen molar-refractivity contribution in [3.63, 3.8) is 0 Å². The predicted molar refractivity (Wildman–Crippen MR) is 60.3 cm³/mol. The number of nitrogens with zero attached hydrogens (tertiary/aromatic N) is 1. The Morgan fingerprint density at radius 2 is 2.00 bits per heavy atom. The number of piperazine rings is 1. The number of Topliss-reactive ketones (excluding diaryl/α,β-unsaturated/α-hetero) is 1. The van der Waals surface area contributed by atoms with Crippen LogP contribution >= 0.6 is 0 Å². The van der Waals surface area contributed by atoms with E-state index in [9.17, 15) is 9.59 Å². The van der Waals surface area contributed by atoms with Crippen molar-refractivity contribution in [2.45, 2.75) is 39.3 Å². The summed E-state index contributed by atoms with van der Waals surface area (Å²) in [6.45, 7) is 8.61. The molecule has 0 bridgehead atoms. The number of amides is 1. The normalized spacial score (nSPS) is 21.8. The lowest BCUT2D eigenvalue weighted by Crippen LogP contribution is -2.55. The summed E-state index contributed by atoms with van der Waals surface area (Å²) in [6.07, 6.45) is -0.347. The van der Waals surface area contributed by atoms with Gasteiger partial charge in [-0.1, -0.05) is 0 Å². The van der Waals surface area contributed by atoms with E-state index in [2.05, 4.69) is 5.32 Å². The van der Waals surface area contributed by atoms with Gasteiger partial charge >= 0.3 is 6.09 Å². The Labute approximate surface area is 96.1 Å². The van der Waals surface area contributed by atoms with E-state index in [1.165, 1.54) is 6.92 Å². The van der Waals surface area contributed by atoms with Crippen LogP contribution in [0, 0.1) is 0 Å². The molecule has 5 heteroatoms. The number of carbonyl (C=O) groups is 2. The van der Waals surface area contributed by atoms with E-state index in [1.807, 2.05) is 20.8 Å². The highest BCUT2D eigenvalue weighted by Gasteiger charge is 2.28. The summed E-state index contributed by atoms with van der Waals surface area (Å²) in [5, 5.41) is 3.07. The van der Waals surface area contributed by atoms with Crippen LogP contribution < -0.4 is 5.32 Å². The van der Waals surface area contributed by atoms with E-state index < -0.39 is 5.60 Å². The average Bonchev–Trinajstić information content (AvgIpc) is 2.15. The maximum Gasteiger partial charge on any atom is 0.410 e. The van der Waals surface area contributed by atoms with Gasteiger partial charge in [-0.25, -0.2) is 4.79 Å². The average molecular weight is 228 g/mol. The fraction of sp³-hybridized carbons (Fsp3) is 0.818. The molecule has 0 radical (unpaired) electrons. The first-order valence-corrected chi connectivity index (χ1v) is 5.51. The largest absolute Gasteiger partial charge is 0.444 e. The summed E-state index contributed by atoms with van der Waals surface area (Å²) in [5.74, 6) is 0.0493. The molecule has 92 valence electrons. The molecule has 1 N–H and O–H groups in total. The van der Waals surface area contributed by atoms with Crippen molar-refractivity contribution < 1.29 is 14.3 Å². The van der Waals surface area contributed by atoms with Crippen LogP contribution in [0.15, 0.2) is 0 Å². The molecule has 0 aromatic heterocycles. The first kappa shape index (κ1) is 13.0. The molecule has 1 amide bonds. The highest BCUT2D eigenvalue weighted by Crippen LogP contribution is 2.11. The van der Waals surface area contributed by atoms with Crippen LogP contribution in [0.25, 0.3) is 0 Å². The third kappa shape index (κ3) is 3.81. The second-order valence-electron chi connectivity index (χ2n) is 5.04. The monoisotopic (exact) mass is 228 g/mol. The zero-order chi connectivity index (χ0) is 12.3. The van der Waals surface area contributed by atoms with Crippen molar-refractivity contribution in [3.05, 3.63) is 0 Å². The SMILES string of the molecule is CC(=O)[C@H]1CN(C(=O)OC(C)(C)C)CCN1. The maximum atomic E-state index is 11.7. The van der Waals surface area contributed by atoms with Crippen LogP contribution in [0.5, 0.6) is 0 Å². The fourth-order valence-electron chi connectivity index (χ4n) is 1.51. The summed E-state index contributed by atoms with van der Waals surface area (Å²) in [7, 11) is 0. The molecular weight excluding hydrogens is 208 g/mol. The first-order chi connectivity index (χ1) is 7.29. The predicted octanol–water partition coefficient (Wildman–Crippen LogP) is 0.784. The van der Waals surface area contributed by atoms with E-state index in [0.29, 0.717) is 19.6 Å². The van der Waals surface area contributed by atoms with E-state index in [-0.39, 0.29) is 17.9 Å². The third-order valence-corrected chi connectivity index (χ3v) is 2.32. The van der Waals surface area contributed by atoms with E-state index in [1.54, 1.807) is 4.90 Å². The quantitative estimate of drug-likeness (QED) is 0.720. The third-order valence-electron chi connectivity index (χ3n) is 2.32. The number of rotatable bonds is 1. The number of carbonyl (C=O) groups excluding carboxylic acids is 2. The molecule has 1 fully saturated rings. The molecule has 1 atom stereocenters. The zero-order valence-corrected chi connectivity index (χ0v) is 10.4. The topological polar surface area (TPSA) is 58.6 Å². The minimum Gasteiger partial charge on any atom is -0.444 e. The molecule has 1 saturated heterocycles. The first-order valence-electron chi connectivity index (χ1n) is 5.51. The number of ketones is 1. The molecule has 1 heterocycles. The molecule has 0 aromatic rings. The summed E-state index contributed by atoms with van der Waals surface area (Å²) >= 11 is 0. The smallest absolute Gasteiger partial charge is 0.410 e. The number of hydrogen-bond acceptors (Lipinski definition) is 4. The van der Waals surface area contributed by atoms with Crippen LogP contribution in [-0.4, -0.2) is 48.1 Å². The van der Waals surface area contributed by atoms with Gasteiger partial charge in [-0.05, 0) is 27.7 Å². The summed E-state index contributed by atoms with van der Waals surface area (Å²) in [6, 6.07) is -0.263. The van der Waals surface area contributed by atoms with Crippen molar-refractivity contribution in [2.75, 3.05) is 19.6 Å². The molecule has 0 spiro atoms. The maximum absolute atomic E-state index is 11.7. The lowest BCUT2D eigenvalue weighted by atomic mass is 10.1. The zero-order valence-electron chi connectivity index (χ0n) is 10.4. The minimum absolute atomic E-state index is 0.0493. The Morgan fingerprint density at radius 1 is 1.38 bits per heavy atom. The van der Waals surface area contributed by atoms with Crippen LogP contribution in [0.3, 0.4) is 0 Å². The second-order valence-corrected chi connectivity index (χ2v) is 5.04. The molecule has 16 heavy (non-hydrogen) atoms. The number of ether oxygens (including phenoxy) is 1. The molecule has 1 rings (SSSR count). The molecule has 0 aromatic carbocycles. The Hall–Kier alpha value is -1.10. The summed E-state index contributed by atoms with van der Waals surface area (Å²) < 4.78 is 5.25. The molecule has 5 nitrogen and oxygen atoms in total. The van der Waals surface area contributed by atoms with Gasteiger partial charge in [-0.15, -0.1) is 0 Å². The summed E-state index contributed by atoms with van der Waals surface area (Å²) in [5.41, 5.74) is -0.492. The van der Waals surface area contributed by atoms with Gasteiger partial charge in [-0.2, -0.15) is 0 Å². The van der Waals surface area contributed by atoms with Crippen LogP contribution in [0.2, 0.25) is 0 Å². The van der Waals surface area contributed by atoms with Crippen molar-refractivity contribution >= 4 is 11.9 Å². The van der Waals surface area contributed by atoms with E-state index in [4.69, 9.17) is 4.74 Å². The van der Waals surface area contributed by atoms with E-state index in [0.717, 1.165) is 0 Å². The Bertz CT molecular complexity index is 283. The van der Waals surface area contributed by atoms with Crippen LogP contribution in [0.1, 0.15) is 27.7 Å². The van der Waals surface area contributed by atoms with Gasteiger partial charge in [0.1, 0.15) is 11.4 Å². The van der Waals surface area contributed by atoms with Gasteiger partial charge in [0.05, 0.1) is 6.04 Å². The van der Waals surface area contributed by atoms with Crippen LogP contribution in [-0.2, 0) is 9.53 Å². The highest BCUT2D eigenvalue weighted by atomic mass is 16.6. The van der Waals surface area contributed by atoms with Gasteiger partial charge in [0, 0.05) is 19.6 Å². The summed E-state index contributed by atoms with van der Waals surface area (Å²) in [4.78, 5) is 24.5. The minimum atomic E-state index is -0.492. The second kappa shape index (κ2) is 4.82. The Kier molecular flexibility index (Phi) is 3.91. The van der Waals surface area contributed by atoms with E-state index >= 15 is 0 Å². The van der Waals surface area contributed by atoms with Crippen molar-refractivity contribution in [1.29, 1.82) is 0 Å². The number of nitrogens with one attached hydrogen (secondary N) is 1. The Balaban J connectivity index is 2.54. The lowest BCUT2D eigenvalue weighted by molar-refractivity contribution is -0.119. The fourth-order valence-corrected chi connectivity index (χ4v) is 1.51. The number of hydrogen-bond donors (Lipinski definition) is 1. The lowest BCUT2D eigenvalue weighted by Gasteiger charge is -2.33.